The molecular formula is C13H23NO5S. The summed E-state index contributed by atoms with van der Waals surface area (Å²) >= 11 is 1.12. The van der Waals surface area contributed by atoms with Crippen molar-refractivity contribution in [2.45, 2.75) is 38.9 Å². The van der Waals surface area contributed by atoms with Crippen molar-refractivity contribution in [1.82, 2.24) is 5.32 Å². The number of thioether (sulfide) groups is 1. The number of amides is 1. The second kappa shape index (κ2) is 10.5. The number of hydrogen-bond donors (Lipinski definition) is 2. The third-order valence-corrected chi connectivity index (χ3v) is 3.96. The maximum atomic E-state index is 11.5. The summed E-state index contributed by atoms with van der Waals surface area (Å²) in [5.41, 5.74) is 0. The third-order valence-electron chi connectivity index (χ3n) is 2.43. The monoisotopic (exact) mass is 305 g/mol. The lowest BCUT2D eigenvalue weighted by Crippen LogP contribution is -2.30. The minimum absolute atomic E-state index is 0.0332. The van der Waals surface area contributed by atoms with E-state index in [0.717, 1.165) is 11.8 Å². The molecule has 1 amide bonds. The van der Waals surface area contributed by atoms with E-state index in [1.54, 1.807) is 6.92 Å². The van der Waals surface area contributed by atoms with Crippen molar-refractivity contribution in [2.75, 3.05) is 18.9 Å². The smallest absolute Gasteiger partial charge is 0.316 e. The molecule has 1 unspecified atom stereocenters. The molecule has 0 spiro atoms. The van der Waals surface area contributed by atoms with Crippen molar-refractivity contribution < 1.29 is 24.2 Å². The molecule has 0 aliphatic rings. The Bertz CT molecular complexity index is 333. The molecule has 20 heavy (non-hydrogen) atoms. The minimum Gasteiger partial charge on any atom is -0.480 e. The normalized spacial score (nSPS) is 12.0. The second-order valence-corrected chi connectivity index (χ2v) is 5.70. The molecule has 0 fully saturated rings. The third kappa shape index (κ3) is 8.79. The number of ether oxygens (including phenoxy) is 1. The quantitative estimate of drug-likeness (QED) is 0.467. The highest BCUT2D eigenvalue weighted by atomic mass is 32.2. The average Bonchev–Trinajstić information content (AvgIpc) is 2.34. The van der Waals surface area contributed by atoms with E-state index in [4.69, 9.17) is 9.84 Å². The van der Waals surface area contributed by atoms with Crippen LogP contribution in [-0.4, -0.2) is 47.1 Å². The van der Waals surface area contributed by atoms with Crippen LogP contribution in [0.2, 0.25) is 0 Å². The fourth-order valence-corrected chi connectivity index (χ4v) is 2.42. The molecule has 0 aliphatic heterocycles. The van der Waals surface area contributed by atoms with Crippen LogP contribution in [0.15, 0.2) is 0 Å². The minimum atomic E-state index is -0.903. The number of aliphatic carboxylic acids is 1. The van der Waals surface area contributed by atoms with Crippen LogP contribution in [0.25, 0.3) is 0 Å². The van der Waals surface area contributed by atoms with Gasteiger partial charge in [-0.2, -0.15) is 0 Å². The van der Waals surface area contributed by atoms with Gasteiger partial charge in [-0.1, -0.05) is 13.8 Å². The molecule has 2 N–H and O–H groups in total. The molecule has 0 saturated carbocycles. The van der Waals surface area contributed by atoms with E-state index in [1.807, 2.05) is 13.8 Å². The van der Waals surface area contributed by atoms with Crippen LogP contribution in [0.5, 0.6) is 0 Å². The van der Waals surface area contributed by atoms with Gasteiger partial charge in [0.1, 0.15) is 5.25 Å². The van der Waals surface area contributed by atoms with E-state index in [-0.39, 0.29) is 30.0 Å². The summed E-state index contributed by atoms with van der Waals surface area (Å²) in [7, 11) is 0. The number of nitrogens with one attached hydrogen (secondary N) is 1. The molecule has 7 heteroatoms. The Labute approximate surface area is 123 Å². The number of carbonyl (C=O) groups is 3. The van der Waals surface area contributed by atoms with Gasteiger partial charge >= 0.3 is 11.9 Å². The van der Waals surface area contributed by atoms with Gasteiger partial charge in [0.05, 0.1) is 12.4 Å². The number of esters is 1. The molecule has 116 valence electrons. The molecule has 0 aliphatic carbocycles. The fraction of sp³-hybridized carbons (Fsp3) is 0.769. The van der Waals surface area contributed by atoms with Crippen molar-refractivity contribution in [3.8, 4) is 0 Å². The molecule has 6 nitrogen and oxygen atoms in total. The number of carbonyl (C=O) groups excluding carboxylic acids is 2. The maximum Gasteiger partial charge on any atom is 0.316 e. The topological polar surface area (TPSA) is 92.7 Å². The molecule has 0 aromatic heterocycles. The van der Waals surface area contributed by atoms with Crippen molar-refractivity contribution in [3.63, 3.8) is 0 Å². The summed E-state index contributed by atoms with van der Waals surface area (Å²) in [6, 6.07) is 0. The lowest BCUT2D eigenvalue weighted by Gasteiger charge is -2.15. The van der Waals surface area contributed by atoms with Crippen molar-refractivity contribution in [3.05, 3.63) is 0 Å². The summed E-state index contributed by atoms with van der Waals surface area (Å²) in [5, 5.41) is 11.0. The molecule has 0 aromatic carbocycles. The summed E-state index contributed by atoms with van der Waals surface area (Å²) in [4.78, 5) is 33.5. The van der Waals surface area contributed by atoms with Crippen LogP contribution in [0.4, 0.5) is 0 Å². The van der Waals surface area contributed by atoms with Gasteiger partial charge in [0.25, 0.3) is 0 Å². The van der Waals surface area contributed by atoms with Crippen LogP contribution in [-0.2, 0) is 19.1 Å². The van der Waals surface area contributed by atoms with Crippen molar-refractivity contribution >= 4 is 29.6 Å². The predicted octanol–water partition coefficient (Wildman–Crippen LogP) is 1.29. The maximum absolute atomic E-state index is 11.5. The van der Waals surface area contributed by atoms with E-state index in [2.05, 4.69) is 5.32 Å². The van der Waals surface area contributed by atoms with Gasteiger partial charge < -0.3 is 15.2 Å². The van der Waals surface area contributed by atoms with Crippen LogP contribution < -0.4 is 5.32 Å². The van der Waals surface area contributed by atoms with Gasteiger partial charge in [-0.3, -0.25) is 14.4 Å². The van der Waals surface area contributed by atoms with E-state index in [9.17, 15) is 14.4 Å². The van der Waals surface area contributed by atoms with Gasteiger partial charge in [-0.05, 0) is 19.3 Å². The van der Waals surface area contributed by atoms with Crippen LogP contribution in [0, 0.1) is 5.92 Å². The molecular weight excluding hydrogens is 282 g/mol. The second-order valence-electron chi connectivity index (χ2n) is 4.57. The molecule has 0 bridgehead atoms. The largest absolute Gasteiger partial charge is 0.480 e. The number of carboxylic acid groups (broad SMARTS) is 1. The highest BCUT2D eigenvalue weighted by Crippen LogP contribution is 2.19. The van der Waals surface area contributed by atoms with E-state index in [1.165, 1.54) is 0 Å². The first-order valence-corrected chi connectivity index (χ1v) is 7.70. The zero-order valence-corrected chi connectivity index (χ0v) is 13.0. The van der Waals surface area contributed by atoms with E-state index in [0.29, 0.717) is 19.6 Å². The van der Waals surface area contributed by atoms with Gasteiger partial charge in [0.15, 0.2) is 0 Å². The summed E-state index contributed by atoms with van der Waals surface area (Å²) in [6.45, 7) is 6.10. The first-order valence-electron chi connectivity index (χ1n) is 6.65. The summed E-state index contributed by atoms with van der Waals surface area (Å²) in [5.74, 6) is -1.32. The first kappa shape index (κ1) is 18.8. The van der Waals surface area contributed by atoms with Crippen LogP contribution in [0.1, 0.15) is 33.6 Å². The first-order chi connectivity index (χ1) is 9.38. The zero-order valence-electron chi connectivity index (χ0n) is 12.2. The van der Waals surface area contributed by atoms with E-state index >= 15 is 0 Å². The highest BCUT2D eigenvalue weighted by Gasteiger charge is 2.22. The Morgan fingerprint density at radius 1 is 1.30 bits per heavy atom. The Kier molecular flexibility index (Phi) is 9.88. The summed E-state index contributed by atoms with van der Waals surface area (Å²) in [6.07, 6.45) is 0.785. The van der Waals surface area contributed by atoms with Crippen molar-refractivity contribution in [2.24, 2.45) is 5.92 Å². The average molecular weight is 305 g/mol. The standard InChI is InChI=1S/C13H23NO5S/c1-4-19-11(16)6-5-7-14-10(15)8-20-12(9(2)3)13(17)18/h9,12H,4-8H2,1-3H3,(H,14,15)(H,17,18). The van der Waals surface area contributed by atoms with Crippen LogP contribution in [0.3, 0.4) is 0 Å². The van der Waals surface area contributed by atoms with Gasteiger partial charge in [0, 0.05) is 13.0 Å². The lowest BCUT2D eigenvalue weighted by molar-refractivity contribution is -0.143. The number of rotatable bonds is 10. The Hall–Kier alpha value is -1.24. The number of carboxylic acids is 1. The molecule has 0 aromatic rings. The Morgan fingerprint density at radius 3 is 2.45 bits per heavy atom. The van der Waals surface area contributed by atoms with Gasteiger partial charge in [-0.15, -0.1) is 11.8 Å². The lowest BCUT2D eigenvalue weighted by atomic mass is 10.1. The molecule has 0 rings (SSSR count). The highest BCUT2D eigenvalue weighted by molar-refractivity contribution is 8.01. The molecule has 0 heterocycles. The molecule has 0 saturated heterocycles. The van der Waals surface area contributed by atoms with Gasteiger partial charge in [-0.25, -0.2) is 0 Å². The van der Waals surface area contributed by atoms with Crippen molar-refractivity contribution in [1.29, 1.82) is 0 Å². The Morgan fingerprint density at radius 2 is 1.95 bits per heavy atom. The predicted molar refractivity (Wildman–Crippen MR) is 77.6 cm³/mol. The SMILES string of the molecule is CCOC(=O)CCCNC(=O)CSC(C(=O)O)C(C)C. The number of hydrogen-bond acceptors (Lipinski definition) is 5. The fourth-order valence-electron chi connectivity index (χ4n) is 1.46. The molecule has 0 radical (unpaired) electrons. The zero-order chi connectivity index (χ0) is 15.5. The van der Waals surface area contributed by atoms with Crippen LogP contribution >= 0.6 is 11.8 Å². The van der Waals surface area contributed by atoms with Gasteiger partial charge in [0.2, 0.25) is 5.91 Å². The van der Waals surface area contributed by atoms with E-state index < -0.39 is 11.2 Å². The Balaban J connectivity index is 3.78. The summed E-state index contributed by atoms with van der Waals surface area (Å²) < 4.78 is 4.76. The molecule has 1 atom stereocenters.